The van der Waals surface area contributed by atoms with E-state index >= 15 is 0 Å². The lowest BCUT2D eigenvalue weighted by Crippen LogP contribution is -2.69. The second-order valence-corrected chi connectivity index (χ2v) is 22.4. The molecule has 0 aliphatic carbocycles. The zero-order valence-corrected chi connectivity index (χ0v) is 50.4. The molecule has 0 radical (unpaired) electrons. The predicted molar refractivity (Wildman–Crippen MR) is 328 cm³/mol. The van der Waals surface area contributed by atoms with Crippen LogP contribution in [0.25, 0.3) is 10.4 Å². The first-order valence-electron chi connectivity index (χ1n) is 30.6. The molecule has 7 aromatic carbocycles. The van der Waals surface area contributed by atoms with Gasteiger partial charge in [0.1, 0.15) is 61.0 Å². The number of fused-ring (bicyclic) bond motifs is 1. The summed E-state index contributed by atoms with van der Waals surface area (Å²) in [5.74, 6) is -0.664. The molecular weight excluding hydrogens is 1150 g/mol. The van der Waals surface area contributed by atoms with Crippen molar-refractivity contribution in [2.75, 3.05) is 26.4 Å². The maximum atomic E-state index is 13.5. The van der Waals surface area contributed by atoms with Crippen molar-refractivity contribution in [2.24, 2.45) is 5.11 Å². The molecule has 0 aromatic heterocycles. The third kappa shape index (κ3) is 17.6. The normalized spacial score (nSPS) is 28.2. The van der Waals surface area contributed by atoms with Crippen LogP contribution < -0.4 is 0 Å². The fraction of sp³-hybridized carbons (Fsp3) is 0.394. The summed E-state index contributed by atoms with van der Waals surface area (Å²) >= 11 is 0. The van der Waals surface area contributed by atoms with Gasteiger partial charge < -0.3 is 71.1 Å². The van der Waals surface area contributed by atoms with Crippen molar-refractivity contribution < 1.29 is 75.8 Å². The van der Waals surface area contributed by atoms with Gasteiger partial charge in [-0.2, -0.15) is 0 Å². The molecule has 0 bridgehead atoms. The smallest absolute Gasteiger partial charge is 0.303 e. The third-order valence-electron chi connectivity index (χ3n) is 15.9. The van der Waals surface area contributed by atoms with Gasteiger partial charge in [-0.15, -0.1) is 0 Å². The van der Waals surface area contributed by atoms with E-state index in [0.29, 0.717) is 0 Å². The largest absolute Gasteiger partial charge is 0.454 e. The van der Waals surface area contributed by atoms with Crippen molar-refractivity contribution in [2.45, 2.75) is 152 Å². The molecule has 1 unspecified atom stereocenters. The molecule has 0 spiro atoms. The third-order valence-corrected chi connectivity index (χ3v) is 15.9. The summed E-state index contributed by atoms with van der Waals surface area (Å²) in [6.07, 6.45) is -16.7. The molecule has 472 valence electrons. The molecule has 4 heterocycles. The minimum absolute atomic E-state index is 0.0127. The fourth-order valence-corrected chi connectivity index (χ4v) is 11.5. The highest BCUT2D eigenvalue weighted by molar-refractivity contribution is 5.66. The molecule has 11 rings (SSSR count). The first-order valence-corrected chi connectivity index (χ1v) is 30.6. The van der Waals surface area contributed by atoms with E-state index in [2.05, 4.69) is 10.0 Å². The second-order valence-electron chi connectivity index (χ2n) is 22.4. The van der Waals surface area contributed by atoms with Crippen LogP contribution in [0, 0.1) is 0 Å². The maximum Gasteiger partial charge on any atom is 0.303 e. The topological polar surface area (TPSA) is 204 Å². The van der Waals surface area contributed by atoms with Crippen LogP contribution >= 0.6 is 0 Å². The minimum atomic E-state index is -1.45. The highest BCUT2D eigenvalue weighted by atomic mass is 16.8. The van der Waals surface area contributed by atoms with Crippen molar-refractivity contribution in [3.63, 3.8) is 0 Å². The highest BCUT2D eigenvalue weighted by Crippen LogP contribution is 2.42. The van der Waals surface area contributed by atoms with Crippen LogP contribution in [0.1, 0.15) is 59.1 Å². The summed E-state index contributed by atoms with van der Waals surface area (Å²) in [6.45, 7) is 4.12. The fourth-order valence-electron chi connectivity index (χ4n) is 11.5. The van der Waals surface area contributed by atoms with Gasteiger partial charge in [-0.1, -0.05) is 217 Å². The molecule has 0 N–H and O–H groups in total. The molecule has 7 aromatic rings. The number of nitrogens with zero attached hydrogens (tertiary/aromatic N) is 3. The summed E-state index contributed by atoms with van der Waals surface area (Å²) in [4.78, 5) is 16.4. The van der Waals surface area contributed by atoms with Gasteiger partial charge in [0.05, 0.1) is 65.6 Å². The standard InChI is InChI=1S/C71H77N3O16/c1-48-59(78-41-51-26-12-4-13-27-51)62(80-43-53-30-16-6-17-31-53)65(82-45-55-34-20-8-21-35-55)70(84-48)90-66-63(81-44-54-32-18-7-19-33-54)60(79-42-52-28-14-5-15-29-52)57(46-76-40-50-24-10-3-11-25-50)87-71(66)89-64-61-58(47-83-68(88-61)56-36-22-9-23-37-56)86-69(67(64)85-49(2)75)77-39-38-73-74-72/h3-37,48,57-71H,38-47H2,1-2H3/t48-,57+,58+,59+,60-,61+,62+,63-,64-,65-,66+,67+,68?,69+,70-,71-/m0/s1. The van der Waals surface area contributed by atoms with Crippen LogP contribution in [0.5, 0.6) is 0 Å². The van der Waals surface area contributed by atoms with E-state index in [1.165, 1.54) is 6.92 Å². The van der Waals surface area contributed by atoms with Crippen LogP contribution in [-0.4, -0.2) is 124 Å². The maximum absolute atomic E-state index is 13.5. The Kier molecular flexibility index (Phi) is 23.7. The Bertz CT molecular complexity index is 3260. The van der Waals surface area contributed by atoms with Crippen molar-refractivity contribution in [1.82, 2.24) is 0 Å². The molecule has 19 nitrogen and oxygen atoms in total. The van der Waals surface area contributed by atoms with E-state index in [1.807, 2.05) is 219 Å². The van der Waals surface area contributed by atoms with E-state index in [0.717, 1.165) is 38.9 Å². The number of hydrogen-bond donors (Lipinski definition) is 0. The summed E-state index contributed by atoms with van der Waals surface area (Å²) < 4.78 is 104. The zero-order chi connectivity index (χ0) is 61.7. The van der Waals surface area contributed by atoms with Gasteiger partial charge in [0.2, 0.25) is 0 Å². The van der Waals surface area contributed by atoms with Crippen molar-refractivity contribution in [3.8, 4) is 0 Å². The van der Waals surface area contributed by atoms with Crippen LogP contribution in [0.4, 0.5) is 0 Å². The average molecular weight is 1230 g/mol. The number of carbonyl (C=O) groups excluding carboxylic acids is 1. The van der Waals surface area contributed by atoms with E-state index in [4.69, 9.17) is 71.1 Å². The van der Waals surface area contributed by atoms with E-state index in [-0.39, 0.29) is 66.0 Å². The average Bonchev–Trinajstić information content (AvgIpc) is 0.818. The Balaban J connectivity index is 1.04. The molecule has 90 heavy (non-hydrogen) atoms. The van der Waals surface area contributed by atoms with Crippen molar-refractivity contribution in [1.29, 1.82) is 0 Å². The summed E-state index contributed by atoms with van der Waals surface area (Å²) in [5, 5.41) is 3.69. The Morgan fingerprint density at radius 3 is 1.40 bits per heavy atom. The van der Waals surface area contributed by atoms with Crippen LogP contribution in [0.15, 0.2) is 217 Å². The summed E-state index contributed by atoms with van der Waals surface area (Å²) in [5.41, 5.74) is 15.4. The van der Waals surface area contributed by atoms with E-state index in [9.17, 15) is 10.3 Å². The number of ether oxygens (including phenoxy) is 15. The van der Waals surface area contributed by atoms with Gasteiger partial charge >= 0.3 is 5.97 Å². The van der Waals surface area contributed by atoms with Crippen LogP contribution in [0.2, 0.25) is 0 Å². The molecule has 4 fully saturated rings. The number of azide groups is 1. The van der Waals surface area contributed by atoms with Gasteiger partial charge in [0.15, 0.2) is 31.3 Å². The van der Waals surface area contributed by atoms with Gasteiger partial charge in [-0.25, -0.2) is 0 Å². The number of carbonyl (C=O) groups is 1. The lowest BCUT2D eigenvalue weighted by atomic mass is 9.94. The molecular formula is C71H77N3O16. The Morgan fingerprint density at radius 2 is 0.900 bits per heavy atom. The molecule has 4 saturated heterocycles. The lowest BCUT2D eigenvalue weighted by molar-refractivity contribution is -0.411. The second kappa shape index (κ2) is 33.2. The first-order chi connectivity index (χ1) is 44.3. The van der Waals surface area contributed by atoms with Crippen LogP contribution in [0.3, 0.4) is 0 Å². The lowest BCUT2D eigenvalue weighted by Gasteiger charge is -2.52. The monoisotopic (exact) mass is 1230 g/mol. The molecule has 0 saturated carbocycles. The molecule has 16 atom stereocenters. The molecule has 4 aliphatic rings. The van der Waals surface area contributed by atoms with E-state index in [1.54, 1.807) is 0 Å². The molecule has 0 amide bonds. The van der Waals surface area contributed by atoms with Gasteiger partial charge in [-0.05, 0) is 45.8 Å². The number of hydrogen-bond acceptors (Lipinski definition) is 17. The van der Waals surface area contributed by atoms with E-state index < -0.39 is 104 Å². The Hall–Kier alpha value is -7.24. The zero-order valence-electron chi connectivity index (χ0n) is 50.4. The summed E-state index contributed by atoms with van der Waals surface area (Å²) in [6, 6.07) is 68.6. The SMILES string of the molecule is CC(=O)O[C@H]1[C@H](OCCN=[N+]=[N-])O[C@@H]2COC(c3ccccc3)O[C@H]2[C@@H]1O[C@@H]1O[C@H](COCc2ccccc2)[C@H](OCc2ccccc2)[C@H](OCc2ccccc2)[C@H]1O[C@@H]1O[C@@H](C)[C@@H](OCc2ccccc2)[C@@H](OCc2ccccc2)[C@@H]1OCc1ccccc1. The molecule has 4 aliphatic heterocycles. The van der Waals surface area contributed by atoms with Crippen LogP contribution in [-0.2, 0) is 115 Å². The Labute approximate surface area is 524 Å². The van der Waals surface area contributed by atoms with Gasteiger partial charge in [-0.3, -0.25) is 4.79 Å². The number of esters is 1. The highest BCUT2D eigenvalue weighted by Gasteiger charge is 2.59. The Morgan fingerprint density at radius 1 is 0.467 bits per heavy atom. The van der Waals surface area contributed by atoms with Crippen molar-refractivity contribution >= 4 is 5.97 Å². The number of benzene rings is 7. The predicted octanol–water partition coefficient (Wildman–Crippen LogP) is 11.5. The quantitative estimate of drug-likeness (QED) is 0.0141. The van der Waals surface area contributed by atoms with Gasteiger partial charge in [0, 0.05) is 23.9 Å². The van der Waals surface area contributed by atoms with Gasteiger partial charge in [0.25, 0.3) is 0 Å². The van der Waals surface area contributed by atoms with Crippen molar-refractivity contribution in [3.05, 3.63) is 262 Å². The molecule has 19 heteroatoms. The first kappa shape index (κ1) is 64.3. The minimum Gasteiger partial charge on any atom is -0.454 e. The summed E-state index contributed by atoms with van der Waals surface area (Å²) in [7, 11) is 0. The number of rotatable bonds is 29.